The van der Waals surface area contributed by atoms with E-state index in [1.807, 2.05) is 11.4 Å². The highest BCUT2D eigenvalue weighted by molar-refractivity contribution is 5.79. The number of likely N-dealkylation sites (tertiary alicyclic amines) is 1. The summed E-state index contributed by atoms with van der Waals surface area (Å²) in [5, 5.41) is 16.7. The van der Waals surface area contributed by atoms with E-state index < -0.39 is 0 Å². The Balaban J connectivity index is 1.68. The maximum Gasteiger partial charge on any atom is 0.200 e. The molecule has 0 atom stereocenters. The Bertz CT molecular complexity index is 708. The third-order valence-corrected chi connectivity index (χ3v) is 4.34. The van der Waals surface area contributed by atoms with Crippen molar-refractivity contribution in [2.24, 2.45) is 0 Å². The van der Waals surface area contributed by atoms with E-state index in [2.05, 4.69) is 44.7 Å². The number of nitrogens with zero attached hydrogens (tertiary/aromatic N) is 5. The molecule has 6 nitrogen and oxygen atoms in total. The Hall–Kier alpha value is -1.95. The Morgan fingerprint density at radius 3 is 2.71 bits per heavy atom. The van der Waals surface area contributed by atoms with Crippen molar-refractivity contribution in [2.45, 2.75) is 32.2 Å². The van der Waals surface area contributed by atoms with Gasteiger partial charge in [-0.25, -0.2) is 0 Å². The van der Waals surface area contributed by atoms with Gasteiger partial charge in [0.2, 0.25) is 5.65 Å². The number of fused-ring (bicyclic) bond motifs is 1. The van der Waals surface area contributed by atoms with Crippen LogP contribution in [0.2, 0.25) is 0 Å². The van der Waals surface area contributed by atoms with Crippen molar-refractivity contribution in [1.82, 2.24) is 24.7 Å². The average Bonchev–Trinajstić information content (AvgIpc) is 3.26. The second-order valence-electron chi connectivity index (χ2n) is 6.08. The number of hydrogen-bond acceptors (Lipinski definition) is 5. The molecule has 1 aliphatic carbocycles. The number of hydrogen-bond donors (Lipinski definition) is 1. The fourth-order valence-corrected chi connectivity index (χ4v) is 2.88. The SMILES string of the molecule is Cc1nnc2c(NC3CCN(C)CC3)cc(C3=CC3)nn12. The van der Waals surface area contributed by atoms with E-state index in [-0.39, 0.29) is 0 Å². The second kappa shape index (κ2) is 4.80. The van der Waals surface area contributed by atoms with Crippen molar-refractivity contribution < 1.29 is 0 Å². The van der Waals surface area contributed by atoms with Crippen LogP contribution < -0.4 is 5.32 Å². The predicted molar refractivity (Wildman–Crippen MR) is 82.3 cm³/mol. The van der Waals surface area contributed by atoms with E-state index in [9.17, 15) is 0 Å². The molecule has 110 valence electrons. The lowest BCUT2D eigenvalue weighted by atomic mass is 10.1. The smallest absolute Gasteiger partial charge is 0.200 e. The summed E-state index contributed by atoms with van der Waals surface area (Å²) < 4.78 is 1.85. The van der Waals surface area contributed by atoms with Gasteiger partial charge in [0.05, 0.1) is 11.4 Å². The van der Waals surface area contributed by atoms with E-state index in [1.165, 1.54) is 5.57 Å². The molecule has 0 bridgehead atoms. The molecule has 0 saturated carbocycles. The molecule has 1 N–H and O–H groups in total. The van der Waals surface area contributed by atoms with E-state index >= 15 is 0 Å². The fraction of sp³-hybridized carbons (Fsp3) is 0.533. The van der Waals surface area contributed by atoms with Crippen LogP contribution >= 0.6 is 0 Å². The van der Waals surface area contributed by atoms with Gasteiger partial charge >= 0.3 is 0 Å². The summed E-state index contributed by atoms with van der Waals surface area (Å²) in [6.07, 6.45) is 5.58. The number of aryl methyl sites for hydroxylation is 1. The van der Waals surface area contributed by atoms with Crippen LogP contribution in [0, 0.1) is 6.92 Å². The van der Waals surface area contributed by atoms with Gasteiger partial charge in [-0.1, -0.05) is 6.08 Å². The highest BCUT2D eigenvalue weighted by atomic mass is 15.4. The lowest BCUT2D eigenvalue weighted by Crippen LogP contribution is -2.36. The zero-order chi connectivity index (χ0) is 14.4. The maximum absolute atomic E-state index is 4.64. The Labute approximate surface area is 123 Å². The monoisotopic (exact) mass is 284 g/mol. The molecule has 0 aromatic carbocycles. The molecular weight excluding hydrogens is 264 g/mol. The lowest BCUT2D eigenvalue weighted by Gasteiger charge is -2.30. The molecule has 6 heteroatoms. The van der Waals surface area contributed by atoms with E-state index in [0.717, 1.165) is 55.2 Å². The summed E-state index contributed by atoms with van der Waals surface area (Å²) in [6.45, 7) is 4.23. The molecule has 1 aliphatic heterocycles. The topological polar surface area (TPSA) is 58.4 Å². The zero-order valence-electron chi connectivity index (χ0n) is 12.5. The molecule has 1 fully saturated rings. The van der Waals surface area contributed by atoms with Crippen LogP contribution in [0.15, 0.2) is 12.1 Å². The van der Waals surface area contributed by atoms with Crippen molar-refractivity contribution in [3.05, 3.63) is 23.7 Å². The molecule has 2 aromatic rings. The highest BCUT2D eigenvalue weighted by Crippen LogP contribution is 2.32. The molecular formula is C15H20N6. The Morgan fingerprint density at radius 2 is 2.00 bits per heavy atom. The number of rotatable bonds is 3. The summed E-state index contributed by atoms with van der Waals surface area (Å²) in [7, 11) is 2.18. The standard InChI is InChI=1S/C15H20N6/c1-10-17-18-15-14(16-12-5-7-20(2)8-6-12)9-13(11-3-4-11)19-21(10)15/h3,9,12,16H,4-8H2,1-2H3. The first-order valence-electron chi connectivity index (χ1n) is 7.58. The minimum atomic E-state index is 0.505. The van der Waals surface area contributed by atoms with Gasteiger partial charge in [-0.15, -0.1) is 10.2 Å². The molecule has 0 unspecified atom stereocenters. The number of allylic oxidation sites excluding steroid dienone is 2. The van der Waals surface area contributed by atoms with Crippen molar-refractivity contribution in [2.75, 3.05) is 25.5 Å². The molecule has 0 spiro atoms. The largest absolute Gasteiger partial charge is 0.379 e. The Kier molecular flexibility index (Phi) is 2.92. The van der Waals surface area contributed by atoms with Crippen molar-refractivity contribution >= 4 is 16.9 Å². The van der Waals surface area contributed by atoms with Crippen LogP contribution in [-0.4, -0.2) is 50.9 Å². The van der Waals surface area contributed by atoms with Crippen LogP contribution in [0.4, 0.5) is 5.69 Å². The first-order chi connectivity index (χ1) is 10.2. The second-order valence-corrected chi connectivity index (χ2v) is 6.08. The molecule has 1 saturated heterocycles. The van der Waals surface area contributed by atoms with Gasteiger partial charge in [0.1, 0.15) is 0 Å². The maximum atomic E-state index is 4.64. The third-order valence-electron chi connectivity index (χ3n) is 4.34. The molecule has 3 heterocycles. The van der Waals surface area contributed by atoms with Crippen molar-refractivity contribution in [3.63, 3.8) is 0 Å². The Morgan fingerprint density at radius 1 is 1.24 bits per heavy atom. The summed E-state index contributed by atoms with van der Waals surface area (Å²) in [5.74, 6) is 0.833. The minimum Gasteiger partial charge on any atom is -0.379 e. The average molecular weight is 284 g/mol. The van der Waals surface area contributed by atoms with Crippen LogP contribution in [0.5, 0.6) is 0 Å². The summed E-state index contributed by atoms with van der Waals surface area (Å²) in [6, 6.07) is 2.63. The van der Waals surface area contributed by atoms with Crippen LogP contribution in [0.3, 0.4) is 0 Å². The zero-order valence-corrected chi connectivity index (χ0v) is 12.5. The predicted octanol–water partition coefficient (Wildman–Crippen LogP) is 1.73. The van der Waals surface area contributed by atoms with Gasteiger partial charge in [0.15, 0.2) is 5.82 Å². The normalized spacial score (nSPS) is 19.8. The molecule has 21 heavy (non-hydrogen) atoms. The van der Waals surface area contributed by atoms with E-state index in [4.69, 9.17) is 0 Å². The first kappa shape index (κ1) is 12.8. The van der Waals surface area contributed by atoms with E-state index in [1.54, 1.807) is 0 Å². The van der Waals surface area contributed by atoms with Crippen molar-refractivity contribution in [1.29, 1.82) is 0 Å². The first-order valence-corrected chi connectivity index (χ1v) is 7.58. The van der Waals surface area contributed by atoms with Gasteiger partial charge in [0, 0.05) is 6.04 Å². The molecule has 0 amide bonds. The summed E-state index contributed by atoms with van der Waals surface area (Å²) >= 11 is 0. The third kappa shape index (κ3) is 2.40. The number of piperidine rings is 1. The number of aromatic nitrogens is 4. The van der Waals surface area contributed by atoms with Gasteiger partial charge in [-0.3, -0.25) is 0 Å². The van der Waals surface area contributed by atoms with Crippen LogP contribution in [-0.2, 0) is 0 Å². The van der Waals surface area contributed by atoms with E-state index in [0.29, 0.717) is 6.04 Å². The molecule has 0 radical (unpaired) electrons. The minimum absolute atomic E-state index is 0.505. The number of anilines is 1. The van der Waals surface area contributed by atoms with Gasteiger partial charge < -0.3 is 10.2 Å². The van der Waals surface area contributed by atoms with Crippen LogP contribution in [0.1, 0.15) is 30.8 Å². The van der Waals surface area contributed by atoms with Gasteiger partial charge in [-0.05, 0) is 58.0 Å². The summed E-state index contributed by atoms with van der Waals surface area (Å²) in [5.41, 5.74) is 4.25. The highest BCUT2D eigenvalue weighted by Gasteiger charge is 2.21. The quantitative estimate of drug-likeness (QED) is 0.930. The molecule has 2 aromatic heterocycles. The lowest BCUT2D eigenvalue weighted by molar-refractivity contribution is 0.264. The molecule has 2 aliphatic rings. The van der Waals surface area contributed by atoms with Crippen LogP contribution in [0.25, 0.3) is 11.2 Å². The molecule has 4 rings (SSSR count). The van der Waals surface area contributed by atoms with Crippen molar-refractivity contribution in [3.8, 4) is 0 Å². The number of nitrogens with one attached hydrogen (secondary N) is 1. The summed E-state index contributed by atoms with van der Waals surface area (Å²) in [4.78, 5) is 2.38. The van der Waals surface area contributed by atoms with Gasteiger partial charge in [0.25, 0.3) is 0 Å². The van der Waals surface area contributed by atoms with Gasteiger partial charge in [-0.2, -0.15) is 9.61 Å². The fourth-order valence-electron chi connectivity index (χ4n) is 2.88.